The maximum absolute atomic E-state index is 13.4. The predicted molar refractivity (Wildman–Crippen MR) is 114 cm³/mol. The van der Waals surface area contributed by atoms with Crippen molar-refractivity contribution in [2.24, 2.45) is 0 Å². The smallest absolute Gasteiger partial charge is 0.416 e. The number of nitrogens with one attached hydrogen (secondary N) is 1. The van der Waals surface area contributed by atoms with Crippen LogP contribution in [0.25, 0.3) is 0 Å². The van der Waals surface area contributed by atoms with Gasteiger partial charge in [-0.15, -0.1) is 0 Å². The number of halogens is 4. The van der Waals surface area contributed by atoms with E-state index in [1.165, 1.54) is 40.1 Å². The Hall–Kier alpha value is -3.70. The summed E-state index contributed by atoms with van der Waals surface area (Å²) in [5, 5.41) is 2.34. The molecule has 1 heterocycles. The van der Waals surface area contributed by atoms with E-state index in [2.05, 4.69) is 10.3 Å². The van der Waals surface area contributed by atoms with Gasteiger partial charge in [-0.2, -0.15) is 13.2 Å². The molecule has 0 unspecified atom stereocenters. The lowest BCUT2D eigenvalue weighted by atomic mass is 9.91. The second kappa shape index (κ2) is 11.2. The molecule has 0 saturated heterocycles. The summed E-state index contributed by atoms with van der Waals surface area (Å²) in [5.74, 6) is -4.76. The van der Waals surface area contributed by atoms with Crippen LogP contribution >= 0.6 is 0 Å². The van der Waals surface area contributed by atoms with Crippen molar-refractivity contribution in [2.75, 3.05) is 7.11 Å². The van der Waals surface area contributed by atoms with E-state index in [9.17, 15) is 31.9 Å². The number of ether oxygens (including phenoxy) is 3. The minimum atomic E-state index is -4.81. The van der Waals surface area contributed by atoms with Crippen molar-refractivity contribution in [3.05, 3.63) is 53.1 Å². The Balaban J connectivity index is 2.15. The molecule has 0 spiro atoms. The van der Waals surface area contributed by atoms with E-state index in [0.717, 1.165) is 19.1 Å². The highest BCUT2D eigenvalue weighted by Gasteiger charge is 2.36. The highest BCUT2D eigenvalue weighted by molar-refractivity contribution is 5.98. The number of amides is 1. The molecule has 0 saturated carbocycles. The molecule has 0 bridgehead atoms. The molecule has 0 aliphatic rings. The van der Waals surface area contributed by atoms with Gasteiger partial charge in [0.05, 0.1) is 12.7 Å². The van der Waals surface area contributed by atoms with E-state index in [-0.39, 0.29) is 22.8 Å². The third kappa shape index (κ3) is 6.90. The maximum atomic E-state index is 13.4. The highest BCUT2D eigenvalue weighted by atomic mass is 19.4. The zero-order valence-electron chi connectivity index (χ0n) is 19.5. The molecule has 3 atom stereocenters. The lowest BCUT2D eigenvalue weighted by molar-refractivity contribution is -0.151. The zero-order valence-corrected chi connectivity index (χ0v) is 19.5. The fourth-order valence-corrected chi connectivity index (χ4v) is 3.13. The van der Waals surface area contributed by atoms with Crippen LogP contribution in [0.5, 0.6) is 11.5 Å². The summed E-state index contributed by atoms with van der Waals surface area (Å²) in [7, 11) is 1.29. The largest absolute Gasteiger partial charge is 0.493 e. The average Bonchev–Trinajstić information content (AvgIpc) is 2.77. The predicted octanol–water partition coefficient (Wildman–Crippen LogP) is 4.03. The van der Waals surface area contributed by atoms with E-state index in [4.69, 9.17) is 14.2 Å². The van der Waals surface area contributed by atoms with Crippen molar-refractivity contribution in [2.45, 2.75) is 51.9 Å². The number of hydrogen-bond donors (Lipinski definition) is 1. The minimum Gasteiger partial charge on any atom is -0.493 e. The van der Waals surface area contributed by atoms with E-state index in [1.807, 2.05) is 0 Å². The number of rotatable bonds is 8. The molecule has 0 fully saturated rings. The SMILES string of the molecule is COc1ccnc(C(=O)N[C@@H](C)C(=O)O[C@H](C)[C@H](C)c2ccc(F)cc2C(F)(F)F)c1OC(C)=O. The number of aromatic nitrogens is 1. The van der Waals surface area contributed by atoms with Gasteiger partial charge in [-0.3, -0.25) is 9.59 Å². The summed E-state index contributed by atoms with van der Waals surface area (Å²) in [4.78, 5) is 40.5. The molecule has 12 heteroatoms. The quantitative estimate of drug-likeness (QED) is 0.431. The van der Waals surface area contributed by atoms with Crippen molar-refractivity contribution in [3.8, 4) is 11.5 Å². The van der Waals surface area contributed by atoms with Crippen molar-refractivity contribution < 1.29 is 46.2 Å². The number of carbonyl (C=O) groups is 3. The van der Waals surface area contributed by atoms with Crippen molar-refractivity contribution in [1.82, 2.24) is 10.3 Å². The van der Waals surface area contributed by atoms with Gasteiger partial charge in [-0.25, -0.2) is 14.2 Å². The summed E-state index contributed by atoms with van der Waals surface area (Å²) in [6, 6.07) is 2.38. The van der Waals surface area contributed by atoms with Crippen molar-refractivity contribution >= 4 is 17.8 Å². The molecule has 1 amide bonds. The summed E-state index contributed by atoms with van der Waals surface area (Å²) in [5.41, 5.74) is -1.75. The van der Waals surface area contributed by atoms with Crippen LogP contribution in [0, 0.1) is 5.82 Å². The van der Waals surface area contributed by atoms with E-state index >= 15 is 0 Å². The van der Waals surface area contributed by atoms with E-state index < -0.39 is 53.5 Å². The van der Waals surface area contributed by atoms with Gasteiger partial charge < -0.3 is 19.5 Å². The topological polar surface area (TPSA) is 104 Å². The van der Waals surface area contributed by atoms with E-state index in [1.54, 1.807) is 0 Å². The normalized spacial score (nSPS) is 13.9. The number of methoxy groups -OCH3 is 1. The number of pyridine rings is 1. The Kier molecular flexibility index (Phi) is 8.77. The van der Waals surface area contributed by atoms with Crippen molar-refractivity contribution in [3.63, 3.8) is 0 Å². The molecule has 0 aliphatic heterocycles. The number of esters is 2. The van der Waals surface area contributed by atoms with Crippen LogP contribution in [-0.4, -0.2) is 42.1 Å². The highest BCUT2D eigenvalue weighted by Crippen LogP contribution is 2.37. The molecule has 1 aromatic heterocycles. The number of carbonyl (C=O) groups excluding carboxylic acids is 3. The van der Waals surface area contributed by atoms with Crippen LogP contribution in [0.4, 0.5) is 17.6 Å². The second-order valence-corrected chi connectivity index (χ2v) is 7.64. The Morgan fingerprint density at radius 2 is 1.74 bits per heavy atom. The monoisotopic (exact) mass is 500 g/mol. The maximum Gasteiger partial charge on any atom is 0.416 e. The van der Waals surface area contributed by atoms with Gasteiger partial charge in [0.15, 0.2) is 11.4 Å². The fourth-order valence-electron chi connectivity index (χ4n) is 3.13. The molecule has 190 valence electrons. The third-order valence-corrected chi connectivity index (χ3v) is 5.07. The van der Waals surface area contributed by atoms with E-state index in [0.29, 0.717) is 6.07 Å². The first-order valence-corrected chi connectivity index (χ1v) is 10.4. The summed E-state index contributed by atoms with van der Waals surface area (Å²) < 4.78 is 68.8. The first-order chi connectivity index (χ1) is 16.3. The second-order valence-electron chi connectivity index (χ2n) is 7.64. The molecular weight excluding hydrogens is 476 g/mol. The molecular formula is C23H24F4N2O6. The minimum absolute atomic E-state index is 0.0535. The van der Waals surface area contributed by atoms with Gasteiger partial charge in [0.1, 0.15) is 18.0 Å². The molecule has 1 aromatic carbocycles. The number of benzene rings is 1. The standard InChI is InChI=1S/C23H24F4N2O6/c1-11(16-7-6-15(24)10-17(16)23(25,26)27)13(3)34-22(32)12(2)29-21(31)19-20(35-14(4)30)18(33-5)8-9-28-19/h6-13H,1-5H3,(H,29,31)/t11-,12-,13+/m0/s1. The summed E-state index contributed by atoms with van der Waals surface area (Å²) >= 11 is 0. The molecule has 2 rings (SSSR count). The molecule has 8 nitrogen and oxygen atoms in total. The summed E-state index contributed by atoms with van der Waals surface area (Å²) in [6.45, 7) is 5.18. The third-order valence-electron chi connectivity index (χ3n) is 5.07. The Morgan fingerprint density at radius 1 is 1.09 bits per heavy atom. The first-order valence-electron chi connectivity index (χ1n) is 10.4. The Morgan fingerprint density at radius 3 is 2.31 bits per heavy atom. The van der Waals surface area contributed by atoms with Gasteiger partial charge in [-0.05, 0) is 31.5 Å². The lowest BCUT2D eigenvalue weighted by Crippen LogP contribution is -2.41. The molecule has 0 radical (unpaired) electrons. The average molecular weight is 500 g/mol. The van der Waals surface area contributed by atoms with Crippen LogP contribution in [0.2, 0.25) is 0 Å². The lowest BCUT2D eigenvalue weighted by Gasteiger charge is -2.25. The first kappa shape index (κ1) is 27.5. The van der Waals surface area contributed by atoms with Crippen LogP contribution < -0.4 is 14.8 Å². The summed E-state index contributed by atoms with van der Waals surface area (Å²) in [6.07, 6.45) is -4.63. The fraction of sp³-hybridized carbons (Fsp3) is 0.391. The van der Waals surface area contributed by atoms with Gasteiger partial charge in [0.25, 0.3) is 5.91 Å². The Bertz CT molecular complexity index is 1110. The van der Waals surface area contributed by atoms with Crippen LogP contribution in [0.1, 0.15) is 55.2 Å². The van der Waals surface area contributed by atoms with Gasteiger partial charge >= 0.3 is 18.1 Å². The number of nitrogens with zero attached hydrogens (tertiary/aromatic N) is 1. The molecule has 2 aromatic rings. The zero-order chi connectivity index (χ0) is 26.5. The molecule has 1 N–H and O–H groups in total. The number of alkyl halides is 3. The Labute approximate surface area is 198 Å². The van der Waals surface area contributed by atoms with Gasteiger partial charge in [-0.1, -0.05) is 13.0 Å². The van der Waals surface area contributed by atoms with Crippen LogP contribution in [0.15, 0.2) is 30.5 Å². The molecule has 0 aliphatic carbocycles. The number of hydrogen-bond acceptors (Lipinski definition) is 7. The van der Waals surface area contributed by atoms with Crippen molar-refractivity contribution in [1.29, 1.82) is 0 Å². The van der Waals surface area contributed by atoms with Crippen LogP contribution in [0.3, 0.4) is 0 Å². The van der Waals surface area contributed by atoms with Crippen LogP contribution in [-0.2, 0) is 20.5 Å². The van der Waals surface area contributed by atoms with Gasteiger partial charge in [0.2, 0.25) is 5.75 Å². The van der Waals surface area contributed by atoms with Gasteiger partial charge in [0, 0.05) is 25.1 Å². The molecule has 35 heavy (non-hydrogen) atoms.